The van der Waals surface area contributed by atoms with E-state index in [-0.39, 0.29) is 17.9 Å². The van der Waals surface area contributed by atoms with E-state index in [1.807, 2.05) is 20.9 Å². The van der Waals surface area contributed by atoms with Crippen LogP contribution in [-0.4, -0.2) is 32.3 Å². The Hall–Kier alpha value is -2.28. The molecule has 0 aromatic carbocycles. The van der Waals surface area contributed by atoms with Crippen molar-refractivity contribution in [2.45, 2.75) is 32.8 Å². The third kappa shape index (κ3) is 3.10. The van der Waals surface area contributed by atoms with Crippen LogP contribution >= 0.6 is 0 Å². The lowest BCUT2D eigenvalue weighted by molar-refractivity contribution is -0.121. The number of hydrogen-bond acceptors (Lipinski definition) is 5. The molecule has 1 fully saturated rings. The molecule has 2 aromatic rings. The molecule has 7 heteroatoms. The van der Waals surface area contributed by atoms with Crippen molar-refractivity contribution in [1.29, 1.82) is 0 Å². The summed E-state index contributed by atoms with van der Waals surface area (Å²) in [5.41, 5.74) is 2.61. The number of hydrogen-bond donors (Lipinski definition) is 1. The molecule has 122 valence electrons. The molecule has 1 aliphatic heterocycles. The summed E-state index contributed by atoms with van der Waals surface area (Å²) in [6, 6.07) is 0. The maximum absolute atomic E-state index is 12.6. The van der Waals surface area contributed by atoms with Crippen LogP contribution in [0.25, 0.3) is 0 Å². The Morgan fingerprint density at radius 2 is 2.13 bits per heavy atom. The van der Waals surface area contributed by atoms with Crippen LogP contribution in [0.15, 0.2) is 18.6 Å². The van der Waals surface area contributed by atoms with E-state index in [2.05, 4.69) is 20.4 Å². The second-order valence-electron chi connectivity index (χ2n) is 5.73. The van der Waals surface area contributed by atoms with Crippen LogP contribution < -0.4 is 5.32 Å². The number of rotatable bonds is 4. The van der Waals surface area contributed by atoms with Crippen LogP contribution in [0, 0.1) is 12.8 Å². The second-order valence-corrected chi connectivity index (χ2v) is 5.73. The molecule has 0 unspecified atom stereocenters. The number of nitrogens with zero attached hydrogens (tertiary/aromatic N) is 4. The highest BCUT2D eigenvalue weighted by Gasteiger charge is 2.37. The average Bonchev–Trinajstić information content (AvgIpc) is 3.16. The number of carbonyl (C=O) groups is 1. The first kappa shape index (κ1) is 15.6. The Balaban J connectivity index is 1.74. The lowest BCUT2D eigenvalue weighted by atomic mass is 9.95. The average molecular weight is 315 g/mol. The van der Waals surface area contributed by atoms with Crippen LogP contribution in [0.3, 0.4) is 0 Å². The monoisotopic (exact) mass is 315 g/mol. The van der Waals surface area contributed by atoms with Gasteiger partial charge in [0.25, 0.3) is 0 Å². The highest BCUT2D eigenvalue weighted by Crippen LogP contribution is 2.36. The lowest BCUT2D eigenvalue weighted by Gasteiger charge is -2.18. The molecule has 7 nitrogen and oxygen atoms in total. The number of aromatic nitrogens is 4. The first-order valence-electron chi connectivity index (χ1n) is 7.82. The molecule has 3 heterocycles. The van der Waals surface area contributed by atoms with Crippen molar-refractivity contribution in [3.05, 3.63) is 35.7 Å². The summed E-state index contributed by atoms with van der Waals surface area (Å²) in [5, 5.41) is 7.13. The van der Waals surface area contributed by atoms with Crippen LogP contribution in [0.5, 0.6) is 0 Å². The van der Waals surface area contributed by atoms with Gasteiger partial charge in [0.15, 0.2) is 0 Å². The highest BCUT2D eigenvalue weighted by atomic mass is 16.5. The van der Waals surface area contributed by atoms with Crippen molar-refractivity contribution in [2.75, 3.05) is 11.9 Å². The summed E-state index contributed by atoms with van der Waals surface area (Å²) < 4.78 is 7.59. The minimum atomic E-state index is -0.250. The standard InChI is InChI=1S/C16H21N5O2/c1-4-14-17-7-11(8-18-14)20-16(22)12-5-6-23-15(12)13-9-19-21(3)10(13)2/h7-9,12,15H,4-6H2,1-3H3,(H,20,22)/t12-,15-/m0/s1. The molecule has 2 atom stereocenters. The van der Waals surface area contributed by atoms with Gasteiger partial charge in [-0.05, 0) is 13.3 Å². The third-order valence-corrected chi connectivity index (χ3v) is 4.30. The molecule has 1 N–H and O–H groups in total. The first-order valence-corrected chi connectivity index (χ1v) is 7.82. The van der Waals surface area contributed by atoms with Gasteiger partial charge in [-0.2, -0.15) is 5.10 Å². The summed E-state index contributed by atoms with van der Waals surface area (Å²) in [5.74, 6) is 0.461. The maximum Gasteiger partial charge on any atom is 0.230 e. The molecule has 0 radical (unpaired) electrons. The van der Waals surface area contributed by atoms with E-state index in [1.54, 1.807) is 23.3 Å². The van der Waals surface area contributed by atoms with Crippen molar-refractivity contribution in [1.82, 2.24) is 19.7 Å². The van der Waals surface area contributed by atoms with Crippen molar-refractivity contribution < 1.29 is 9.53 Å². The Morgan fingerprint density at radius 3 is 2.74 bits per heavy atom. The predicted molar refractivity (Wildman–Crippen MR) is 84.8 cm³/mol. The van der Waals surface area contributed by atoms with Gasteiger partial charge in [0, 0.05) is 31.3 Å². The van der Waals surface area contributed by atoms with Crippen LogP contribution in [0.4, 0.5) is 5.69 Å². The van der Waals surface area contributed by atoms with Gasteiger partial charge in [0.1, 0.15) is 5.82 Å². The van der Waals surface area contributed by atoms with Crippen molar-refractivity contribution in [2.24, 2.45) is 13.0 Å². The number of aryl methyl sites for hydroxylation is 2. The topological polar surface area (TPSA) is 81.9 Å². The maximum atomic E-state index is 12.6. The molecule has 2 aromatic heterocycles. The first-order chi connectivity index (χ1) is 11.1. The zero-order valence-electron chi connectivity index (χ0n) is 13.6. The molecule has 0 bridgehead atoms. The fourth-order valence-corrected chi connectivity index (χ4v) is 2.80. The number of anilines is 1. The number of amides is 1. The van der Waals surface area contributed by atoms with Gasteiger partial charge in [0.2, 0.25) is 5.91 Å². The molecule has 1 saturated heterocycles. The quantitative estimate of drug-likeness (QED) is 0.930. The van der Waals surface area contributed by atoms with Crippen molar-refractivity contribution in [3.63, 3.8) is 0 Å². The van der Waals surface area contributed by atoms with E-state index in [0.717, 1.165) is 23.5 Å². The normalized spacial score (nSPS) is 20.7. The van der Waals surface area contributed by atoms with Crippen molar-refractivity contribution in [3.8, 4) is 0 Å². The van der Waals surface area contributed by atoms with Gasteiger partial charge in [-0.3, -0.25) is 9.48 Å². The summed E-state index contributed by atoms with van der Waals surface area (Å²) in [7, 11) is 1.88. The summed E-state index contributed by atoms with van der Waals surface area (Å²) in [6.45, 7) is 4.54. The van der Waals surface area contributed by atoms with E-state index in [0.29, 0.717) is 18.7 Å². The fourth-order valence-electron chi connectivity index (χ4n) is 2.80. The van der Waals surface area contributed by atoms with Gasteiger partial charge >= 0.3 is 0 Å². The SMILES string of the molecule is CCc1ncc(NC(=O)[C@H]2CCO[C@@H]2c2cnn(C)c2C)cn1. The molecule has 1 amide bonds. The van der Waals surface area contributed by atoms with Gasteiger partial charge in [-0.1, -0.05) is 6.92 Å². The van der Waals surface area contributed by atoms with Crippen molar-refractivity contribution >= 4 is 11.6 Å². The second kappa shape index (κ2) is 6.45. The van der Waals surface area contributed by atoms with E-state index >= 15 is 0 Å². The smallest absolute Gasteiger partial charge is 0.230 e. The highest BCUT2D eigenvalue weighted by molar-refractivity contribution is 5.92. The molecule has 23 heavy (non-hydrogen) atoms. The van der Waals surface area contributed by atoms with E-state index < -0.39 is 0 Å². The predicted octanol–water partition coefficient (Wildman–Crippen LogP) is 1.80. The van der Waals surface area contributed by atoms with E-state index in [4.69, 9.17) is 4.74 Å². The zero-order chi connectivity index (χ0) is 16.4. The van der Waals surface area contributed by atoms with Gasteiger partial charge < -0.3 is 10.1 Å². The van der Waals surface area contributed by atoms with Crippen LogP contribution in [-0.2, 0) is 23.0 Å². The summed E-state index contributed by atoms with van der Waals surface area (Å²) in [4.78, 5) is 21.0. The zero-order valence-corrected chi connectivity index (χ0v) is 13.6. The molecule has 0 aliphatic carbocycles. The molecular formula is C16H21N5O2. The Bertz CT molecular complexity index is 695. The third-order valence-electron chi connectivity index (χ3n) is 4.30. The van der Waals surface area contributed by atoms with Crippen LogP contribution in [0.1, 0.15) is 36.5 Å². The lowest BCUT2D eigenvalue weighted by Crippen LogP contribution is -2.25. The van der Waals surface area contributed by atoms with Gasteiger partial charge in [-0.15, -0.1) is 0 Å². The molecule has 3 rings (SSSR count). The minimum Gasteiger partial charge on any atom is -0.373 e. The fraction of sp³-hybridized carbons (Fsp3) is 0.500. The number of carbonyl (C=O) groups excluding carboxylic acids is 1. The Morgan fingerprint density at radius 1 is 1.39 bits per heavy atom. The largest absolute Gasteiger partial charge is 0.373 e. The molecule has 0 spiro atoms. The molecular weight excluding hydrogens is 294 g/mol. The Labute approximate surface area is 135 Å². The number of ether oxygens (including phenoxy) is 1. The molecule has 1 aliphatic rings. The Kier molecular flexibility index (Phi) is 4.38. The van der Waals surface area contributed by atoms with Crippen LogP contribution in [0.2, 0.25) is 0 Å². The van der Waals surface area contributed by atoms with E-state index in [9.17, 15) is 4.79 Å². The minimum absolute atomic E-state index is 0.0661. The van der Waals surface area contributed by atoms with Gasteiger partial charge in [0.05, 0.1) is 36.3 Å². The van der Waals surface area contributed by atoms with Gasteiger partial charge in [-0.25, -0.2) is 9.97 Å². The van der Waals surface area contributed by atoms with E-state index in [1.165, 1.54) is 0 Å². The summed E-state index contributed by atoms with van der Waals surface area (Å²) >= 11 is 0. The molecule has 0 saturated carbocycles. The summed E-state index contributed by atoms with van der Waals surface area (Å²) in [6.07, 6.45) is 6.28. The number of nitrogens with one attached hydrogen (secondary N) is 1.